The second kappa shape index (κ2) is 5.62. The summed E-state index contributed by atoms with van der Waals surface area (Å²) < 4.78 is 18.2. The second-order valence-corrected chi connectivity index (χ2v) is 4.20. The van der Waals surface area contributed by atoms with E-state index in [2.05, 4.69) is 0 Å². The number of amides is 1. The van der Waals surface area contributed by atoms with Crippen molar-refractivity contribution in [1.29, 1.82) is 0 Å². The van der Waals surface area contributed by atoms with Crippen LogP contribution >= 0.6 is 0 Å². The highest BCUT2D eigenvalue weighted by Crippen LogP contribution is 2.14. The number of rotatable bonds is 4. The molecular weight excluding hydrogens is 237 g/mol. The van der Waals surface area contributed by atoms with Crippen LogP contribution in [0.4, 0.5) is 4.39 Å². The highest BCUT2D eigenvalue weighted by atomic mass is 19.1. The van der Waals surface area contributed by atoms with E-state index in [9.17, 15) is 14.0 Å². The molecule has 0 radical (unpaired) electrons. The zero-order valence-electron chi connectivity index (χ0n) is 9.84. The van der Waals surface area contributed by atoms with Crippen molar-refractivity contribution in [2.45, 2.75) is 12.6 Å². The van der Waals surface area contributed by atoms with Gasteiger partial charge in [-0.05, 0) is 18.6 Å². The van der Waals surface area contributed by atoms with Crippen LogP contribution in [0.2, 0.25) is 0 Å². The topological polar surface area (TPSA) is 46.6 Å². The molecule has 0 spiro atoms. The lowest BCUT2D eigenvalue weighted by atomic mass is 10.2. The average molecular weight is 251 g/mol. The van der Waals surface area contributed by atoms with Gasteiger partial charge in [-0.15, -0.1) is 0 Å². The molecule has 96 valence electrons. The van der Waals surface area contributed by atoms with Gasteiger partial charge in [0.25, 0.3) is 5.91 Å². The lowest BCUT2D eigenvalue weighted by molar-refractivity contribution is -0.132. The predicted molar refractivity (Wildman–Crippen MR) is 63.4 cm³/mol. The zero-order chi connectivity index (χ0) is 13.0. The molecule has 1 atom stereocenters. The second-order valence-electron chi connectivity index (χ2n) is 4.20. The number of aldehydes is 1. The molecular formula is C13H14FNO3. The molecule has 1 amide bonds. The Morgan fingerprint density at radius 2 is 2.39 bits per heavy atom. The fraction of sp³-hybridized carbons (Fsp3) is 0.385. The maximum atomic E-state index is 12.9. The molecule has 0 aromatic heterocycles. The van der Waals surface area contributed by atoms with E-state index >= 15 is 0 Å². The van der Waals surface area contributed by atoms with Crippen LogP contribution < -0.4 is 4.74 Å². The van der Waals surface area contributed by atoms with Crippen molar-refractivity contribution in [3.63, 3.8) is 0 Å². The van der Waals surface area contributed by atoms with Gasteiger partial charge in [-0.2, -0.15) is 0 Å². The number of benzene rings is 1. The highest BCUT2D eigenvalue weighted by molar-refractivity contribution is 5.78. The lowest BCUT2D eigenvalue weighted by Crippen LogP contribution is -2.33. The van der Waals surface area contributed by atoms with Crippen molar-refractivity contribution in [3.8, 4) is 5.75 Å². The first-order valence-corrected chi connectivity index (χ1v) is 5.79. The summed E-state index contributed by atoms with van der Waals surface area (Å²) in [5, 5.41) is 0. The van der Waals surface area contributed by atoms with Crippen LogP contribution in [0, 0.1) is 0 Å². The number of halogens is 1. The minimum Gasteiger partial charge on any atom is -0.484 e. The van der Waals surface area contributed by atoms with E-state index in [0.717, 1.165) is 0 Å². The third-order valence-corrected chi connectivity index (χ3v) is 2.84. The average Bonchev–Trinajstić information content (AvgIpc) is 2.83. The number of alkyl halides is 1. The van der Waals surface area contributed by atoms with Gasteiger partial charge in [0.2, 0.25) is 0 Å². The van der Waals surface area contributed by atoms with Crippen LogP contribution in [0.15, 0.2) is 24.3 Å². The first-order valence-electron chi connectivity index (χ1n) is 5.79. The molecule has 18 heavy (non-hydrogen) atoms. The fourth-order valence-electron chi connectivity index (χ4n) is 1.86. The number of carbonyl (C=O) groups excluding carboxylic acids is 2. The largest absolute Gasteiger partial charge is 0.484 e. The molecule has 1 aliphatic heterocycles. The maximum absolute atomic E-state index is 12.9. The maximum Gasteiger partial charge on any atom is 0.260 e. The van der Waals surface area contributed by atoms with E-state index in [1.807, 2.05) is 0 Å². The van der Waals surface area contributed by atoms with E-state index in [0.29, 0.717) is 30.6 Å². The van der Waals surface area contributed by atoms with Crippen molar-refractivity contribution in [2.75, 3.05) is 19.7 Å². The molecule has 2 rings (SSSR count). The predicted octanol–water partition coefficient (Wildman–Crippen LogP) is 1.45. The minimum atomic E-state index is -0.924. The molecule has 5 heteroatoms. The lowest BCUT2D eigenvalue weighted by Gasteiger charge is -2.15. The first kappa shape index (κ1) is 12.5. The van der Waals surface area contributed by atoms with Crippen LogP contribution in [-0.2, 0) is 4.79 Å². The van der Waals surface area contributed by atoms with Crippen molar-refractivity contribution in [1.82, 2.24) is 4.90 Å². The van der Waals surface area contributed by atoms with E-state index < -0.39 is 6.17 Å². The van der Waals surface area contributed by atoms with Crippen LogP contribution in [0.5, 0.6) is 5.75 Å². The van der Waals surface area contributed by atoms with Gasteiger partial charge in [-0.3, -0.25) is 9.59 Å². The number of ether oxygens (including phenoxy) is 1. The molecule has 0 saturated carbocycles. The summed E-state index contributed by atoms with van der Waals surface area (Å²) in [5.74, 6) is 0.232. The Bertz CT molecular complexity index is 450. The van der Waals surface area contributed by atoms with E-state index in [4.69, 9.17) is 4.74 Å². The Kier molecular flexibility index (Phi) is 3.92. The van der Waals surface area contributed by atoms with Gasteiger partial charge < -0.3 is 9.64 Å². The Balaban J connectivity index is 1.87. The molecule has 1 aromatic rings. The summed E-state index contributed by atoms with van der Waals surface area (Å²) in [6.07, 6.45) is 0.183. The molecule has 4 nitrogen and oxygen atoms in total. The quantitative estimate of drug-likeness (QED) is 0.761. The molecule has 1 fully saturated rings. The van der Waals surface area contributed by atoms with Crippen molar-refractivity contribution < 1.29 is 18.7 Å². The van der Waals surface area contributed by atoms with Crippen LogP contribution in [0.25, 0.3) is 0 Å². The summed E-state index contributed by atoms with van der Waals surface area (Å²) in [5.41, 5.74) is 0.491. The van der Waals surface area contributed by atoms with Crippen molar-refractivity contribution in [2.24, 2.45) is 0 Å². The summed E-state index contributed by atoms with van der Waals surface area (Å²) >= 11 is 0. The van der Waals surface area contributed by atoms with Crippen LogP contribution in [0.1, 0.15) is 16.8 Å². The van der Waals surface area contributed by atoms with Crippen LogP contribution in [0.3, 0.4) is 0 Å². The van der Waals surface area contributed by atoms with Gasteiger partial charge in [0.15, 0.2) is 6.61 Å². The first-order chi connectivity index (χ1) is 8.69. The van der Waals surface area contributed by atoms with Gasteiger partial charge in [0.05, 0.1) is 6.54 Å². The smallest absolute Gasteiger partial charge is 0.260 e. The molecule has 1 aliphatic rings. The van der Waals surface area contributed by atoms with Gasteiger partial charge in [0, 0.05) is 12.1 Å². The standard InChI is InChI=1S/C13H14FNO3/c14-11-4-5-15(7-11)13(17)9-18-12-3-1-2-10(6-12)8-16/h1-3,6,8,11H,4-5,7,9H2. The fourth-order valence-corrected chi connectivity index (χ4v) is 1.86. The summed E-state index contributed by atoms with van der Waals surface area (Å²) in [4.78, 5) is 23.7. The monoisotopic (exact) mass is 251 g/mol. The highest BCUT2D eigenvalue weighted by Gasteiger charge is 2.25. The van der Waals surface area contributed by atoms with Gasteiger partial charge in [-0.1, -0.05) is 12.1 Å². The molecule has 1 unspecified atom stereocenters. The third-order valence-electron chi connectivity index (χ3n) is 2.84. The Hall–Kier alpha value is -1.91. The molecule has 0 bridgehead atoms. The third kappa shape index (κ3) is 3.06. The van der Waals surface area contributed by atoms with E-state index in [1.165, 1.54) is 4.90 Å². The summed E-state index contributed by atoms with van der Waals surface area (Å²) in [6.45, 7) is 0.462. The number of hydrogen-bond acceptors (Lipinski definition) is 3. The summed E-state index contributed by atoms with van der Waals surface area (Å²) in [7, 11) is 0. The SMILES string of the molecule is O=Cc1cccc(OCC(=O)N2CCC(F)C2)c1. The van der Waals surface area contributed by atoms with E-state index in [1.54, 1.807) is 24.3 Å². The van der Waals surface area contributed by atoms with Gasteiger partial charge >= 0.3 is 0 Å². The normalized spacial score (nSPS) is 18.7. The van der Waals surface area contributed by atoms with Gasteiger partial charge in [0.1, 0.15) is 18.2 Å². The molecule has 1 saturated heterocycles. The molecule has 0 aliphatic carbocycles. The number of carbonyl (C=O) groups is 2. The van der Waals surface area contributed by atoms with Gasteiger partial charge in [-0.25, -0.2) is 4.39 Å². The molecule has 0 N–H and O–H groups in total. The molecule has 1 aromatic carbocycles. The zero-order valence-corrected chi connectivity index (χ0v) is 9.84. The molecule has 1 heterocycles. The number of likely N-dealkylation sites (tertiary alicyclic amines) is 1. The Morgan fingerprint density at radius 3 is 3.06 bits per heavy atom. The Morgan fingerprint density at radius 1 is 1.56 bits per heavy atom. The number of hydrogen-bond donors (Lipinski definition) is 0. The van der Waals surface area contributed by atoms with Crippen molar-refractivity contribution in [3.05, 3.63) is 29.8 Å². The van der Waals surface area contributed by atoms with Crippen LogP contribution in [-0.4, -0.2) is 43.0 Å². The number of nitrogens with zero attached hydrogens (tertiary/aromatic N) is 1. The summed E-state index contributed by atoms with van der Waals surface area (Å²) in [6, 6.07) is 6.55. The van der Waals surface area contributed by atoms with E-state index in [-0.39, 0.29) is 19.1 Å². The van der Waals surface area contributed by atoms with Crippen molar-refractivity contribution >= 4 is 12.2 Å². The Labute approximate surface area is 104 Å². The minimum absolute atomic E-state index is 0.130.